The molecular weight excluding hydrogens is 286 g/mol. The lowest BCUT2D eigenvalue weighted by atomic mass is 10.1. The van der Waals surface area contributed by atoms with E-state index in [2.05, 4.69) is 27.5 Å². The minimum atomic E-state index is 0.213. The van der Waals surface area contributed by atoms with Crippen molar-refractivity contribution in [1.29, 1.82) is 0 Å². The van der Waals surface area contributed by atoms with E-state index in [1.165, 1.54) is 4.88 Å². The van der Waals surface area contributed by atoms with Crippen LogP contribution in [0.25, 0.3) is 0 Å². The number of likely N-dealkylation sites (N-methyl/N-ethyl adjacent to an activating group) is 1. The minimum Gasteiger partial charge on any atom is -0.352 e. The van der Waals surface area contributed by atoms with Crippen LogP contribution in [0.2, 0.25) is 0 Å². The van der Waals surface area contributed by atoms with Gasteiger partial charge in [-0.05, 0) is 20.3 Å². The molecule has 21 heavy (non-hydrogen) atoms. The van der Waals surface area contributed by atoms with E-state index in [4.69, 9.17) is 0 Å². The fourth-order valence-electron chi connectivity index (χ4n) is 2.29. The van der Waals surface area contributed by atoms with Crippen LogP contribution in [0, 0.1) is 13.8 Å². The Morgan fingerprint density at radius 3 is 2.86 bits per heavy atom. The predicted octanol–water partition coefficient (Wildman–Crippen LogP) is 1.05. The Labute approximate surface area is 129 Å². The van der Waals surface area contributed by atoms with Gasteiger partial charge in [0, 0.05) is 38.0 Å². The average molecular weight is 309 g/mol. The minimum absolute atomic E-state index is 0.213. The van der Waals surface area contributed by atoms with Gasteiger partial charge in [-0.1, -0.05) is 0 Å². The SMILES string of the molecule is CN=C(NCc1nc(C)c(C)s1)NC1CCC(=O)N(C)C1. The van der Waals surface area contributed by atoms with Gasteiger partial charge in [-0.2, -0.15) is 0 Å². The molecule has 1 atom stereocenters. The molecule has 2 rings (SSSR count). The summed E-state index contributed by atoms with van der Waals surface area (Å²) in [7, 11) is 3.60. The highest BCUT2D eigenvalue weighted by atomic mass is 32.1. The summed E-state index contributed by atoms with van der Waals surface area (Å²) in [5, 5.41) is 7.71. The number of aryl methyl sites for hydroxylation is 2. The number of guanidine groups is 1. The van der Waals surface area contributed by atoms with Crippen molar-refractivity contribution in [3.8, 4) is 0 Å². The van der Waals surface area contributed by atoms with Crippen LogP contribution in [0.15, 0.2) is 4.99 Å². The Kier molecular flexibility index (Phi) is 5.17. The summed E-state index contributed by atoms with van der Waals surface area (Å²) >= 11 is 1.70. The summed E-state index contributed by atoms with van der Waals surface area (Å²) in [5.74, 6) is 0.970. The number of piperidine rings is 1. The van der Waals surface area contributed by atoms with Gasteiger partial charge >= 0.3 is 0 Å². The third-order valence-electron chi connectivity index (χ3n) is 3.67. The number of hydrogen-bond acceptors (Lipinski definition) is 4. The molecule has 1 amide bonds. The van der Waals surface area contributed by atoms with Crippen molar-refractivity contribution in [2.75, 3.05) is 20.6 Å². The Morgan fingerprint density at radius 2 is 2.29 bits per heavy atom. The van der Waals surface area contributed by atoms with Gasteiger partial charge in [0.25, 0.3) is 0 Å². The maximum absolute atomic E-state index is 11.5. The maximum atomic E-state index is 11.5. The number of aliphatic imine (C=N–C) groups is 1. The Morgan fingerprint density at radius 1 is 1.52 bits per heavy atom. The number of likely N-dealkylation sites (tertiary alicyclic amines) is 1. The van der Waals surface area contributed by atoms with Crippen LogP contribution in [0.4, 0.5) is 0 Å². The molecular formula is C14H23N5OS. The second-order valence-corrected chi connectivity index (χ2v) is 6.62. The van der Waals surface area contributed by atoms with Crippen LogP contribution in [0.1, 0.15) is 28.4 Å². The average Bonchev–Trinajstić information content (AvgIpc) is 2.77. The summed E-state index contributed by atoms with van der Waals surface area (Å²) in [4.78, 5) is 23.2. The number of hydrogen-bond donors (Lipinski definition) is 2. The lowest BCUT2D eigenvalue weighted by molar-refractivity contribution is -0.132. The van der Waals surface area contributed by atoms with Crippen molar-refractivity contribution in [3.05, 3.63) is 15.6 Å². The molecule has 0 saturated carbocycles. The molecule has 116 valence electrons. The van der Waals surface area contributed by atoms with Crippen LogP contribution >= 0.6 is 11.3 Å². The number of nitrogens with zero attached hydrogens (tertiary/aromatic N) is 3. The lowest BCUT2D eigenvalue weighted by Gasteiger charge is -2.31. The molecule has 1 saturated heterocycles. The number of carbonyl (C=O) groups excluding carboxylic acids is 1. The van der Waals surface area contributed by atoms with Crippen molar-refractivity contribution in [1.82, 2.24) is 20.5 Å². The van der Waals surface area contributed by atoms with Crippen molar-refractivity contribution in [2.45, 2.75) is 39.3 Å². The monoisotopic (exact) mass is 309 g/mol. The van der Waals surface area contributed by atoms with Crippen LogP contribution in [0.3, 0.4) is 0 Å². The molecule has 0 bridgehead atoms. The molecule has 0 aliphatic carbocycles. The van der Waals surface area contributed by atoms with E-state index < -0.39 is 0 Å². The van der Waals surface area contributed by atoms with E-state index in [9.17, 15) is 4.79 Å². The summed E-state index contributed by atoms with van der Waals surface area (Å²) in [6, 6.07) is 0.249. The number of amides is 1. The highest BCUT2D eigenvalue weighted by molar-refractivity contribution is 7.11. The molecule has 1 aromatic rings. The number of carbonyl (C=O) groups is 1. The van der Waals surface area contributed by atoms with Gasteiger partial charge in [-0.3, -0.25) is 9.79 Å². The largest absolute Gasteiger partial charge is 0.352 e. The van der Waals surface area contributed by atoms with E-state index in [0.717, 1.165) is 29.6 Å². The zero-order valence-corrected chi connectivity index (χ0v) is 13.9. The zero-order valence-electron chi connectivity index (χ0n) is 13.1. The second kappa shape index (κ2) is 6.89. The third-order valence-corrected chi connectivity index (χ3v) is 4.74. The standard InChI is InChI=1S/C14H23N5OS/c1-9-10(2)21-12(17-9)7-16-14(15-3)18-11-5-6-13(20)19(4)8-11/h11H,5-8H2,1-4H3,(H2,15,16,18). The van der Waals surface area contributed by atoms with Crippen molar-refractivity contribution in [3.63, 3.8) is 0 Å². The topological polar surface area (TPSA) is 69.6 Å². The van der Waals surface area contributed by atoms with E-state index in [0.29, 0.717) is 13.0 Å². The first kappa shape index (κ1) is 15.8. The van der Waals surface area contributed by atoms with Crippen molar-refractivity contribution >= 4 is 23.2 Å². The Balaban J connectivity index is 1.85. The van der Waals surface area contributed by atoms with Crippen LogP contribution in [-0.2, 0) is 11.3 Å². The van der Waals surface area contributed by atoms with E-state index >= 15 is 0 Å². The molecule has 1 aliphatic heterocycles. The van der Waals surface area contributed by atoms with E-state index in [-0.39, 0.29) is 11.9 Å². The van der Waals surface area contributed by atoms with Gasteiger partial charge in [0.05, 0.1) is 12.2 Å². The molecule has 1 aromatic heterocycles. The fourth-order valence-corrected chi connectivity index (χ4v) is 3.17. The molecule has 1 unspecified atom stereocenters. The van der Waals surface area contributed by atoms with Gasteiger partial charge in [0.2, 0.25) is 5.91 Å². The number of rotatable bonds is 3. The van der Waals surface area contributed by atoms with Crippen LogP contribution in [-0.4, -0.2) is 48.4 Å². The molecule has 2 N–H and O–H groups in total. The first-order chi connectivity index (χ1) is 9.99. The normalized spacial score (nSPS) is 19.8. The van der Waals surface area contributed by atoms with Crippen LogP contribution in [0.5, 0.6) is 0 Å². The van der Waals surface area contributed by atoms with Crippen molar-refractivity contribution < 1.29 is 4.79 Å². The number of thiazole rings is 1. The summed E-state index contributed by atoms with van der Waals surface area (Å²) in [6.07, 6.45) is 1.44. The summed E-state index contributed by atoms with van der Waals surface area (Å²) < 4.78 is 0. The molecule has 2 heterocycles. The fraction of sp³-hybridized carbons (Fsp3) is 0.643. The highest BCUT2D eigenvalue weighted by Crippen LogP contribution is 2.16. The van der Waals surface area contributed by atoms with E-state index in [1.54, 1.807) is 23.3 Å². The Hall–Kier alpha value is -1.63. The molecule has 0 radical (unpaired) electrons. The smallest absolute Gasteiger partial charge is 0.222 e. The first-order valence-electron chi connectivity index (χ1n) is 7.13. The molecule has 7 heteroatoms. The Bertz CT molecular complexity index is 520. The molecule has 1 aliphatic rings. The van der Waals surface area contributed by atoms with Gasteiger partial charge < -0.3 is 15.5 Å². The number of aromatic nitrogens is 1. The first-order valence-corrected chi connectivity index (χ1v) is 7.95. The second-order valence-electron chi connectivity index (χ2n) is 5.33. The predicted molar refractivity (Wildman–Crippen MR) is 85.6 cm³/mol. The lowest BCUT2D eigenvalue weighted by Crippen LogP contribution is -2.51. The summed E-state index contributed by atoms with van der Waals surface area (Å²) in [6.45, 7) is 5.49. The quantitative estimate of drug-likeness (QED) is 0.647. The molecule has 0 aromatic carbocycles. The van der Waals surface area contributed by atoms with Gasteiger partial charge in [-0.15, -0.1) is 11.3 Å². The summed E-state index contributed by atoms with van der Waals surface area (Å²) in [5.41, 5.74) is 1.09. The van der Waals surface area contributed by atoms with Gasteiger partial charge in [-0.25, -0.2) is 4.98 Å². The number of nitrogens with one attached hydrogen (secondary N) is 2. The molecule has 0 spiro atoms. The van der Waals surface area contributed by atoms with Crippen LogP contribution < -0.4 is 10.6 Å². The zero-order chi connectivity index (χ0) is 15.4. The highest BCUT2D eigenvalue weighted by Gasteiger charge is 2.23. The molecule has 6 nitrogen and oxygen atoms in total. The van der Waals surface area contributed by atoms with E-state index in [1.807, 2.05) is 14.0 Å². The molecule has 1 fully saturated rings. The van der Waals surface area contributed by atoms with Gasteiger partial charge in [0.1, 0.15) is 5.01 Å². The van der Waals surface area contributed by atoms with Crippen molar-refractivity contribution in [2.24, 2.45) is 4.99 Å². The maximum Gasteiger partial charge on any atom is 0.222 e. The third kappa shape index (κ3) is 4.17. The van der Waals surface area contributed by atoms with Gasteiger partial charge in [0.15, 0.2) is 5.96 Å².